The van der Waals surface area contributed by atoms with Crippen LogP contribution in [0.1, 0.15) is 52.3 Å². The first-order valence-corrected chi connectivity index (χ1v) is 6.85. The van der Waals surface area contributed by atoms with Crippen molar-refractivity contribution in [3.8, 4) is 0 Å². The van der Waals surface area contributed by atoms with Crippen LogP contribution in [-0.4, -0.2) is 28.2 Å². The second kappa shape index (κ2) is 7.31. The molecular formula is C14H25N3O. The van der Waals surface area contributed by atoms with E-state index < -0.39 is 0 Å². The zero-order chi connectivity index (χ0) is 13.5. The van der Waals surface area contributed by atoms with Crippen LogP contribution in [0.15, 0.2) is 12.3 Å². The highest BCUT2D eigenvalue weighted by Gasteiger charge is 2.10. The third-order valence-electron chi connectivity index (χ3n) is 3.07. The van der Waals surface area contributed by atoms with Crippen molar-refractivity contribution in [1.29, 1.82) is 0 Å². The van der Waals surface area contributed by atoms with Crippen molar-refractivity contribution < 1.29 is 4.79 Å². The summed E-state index contributed by atoms with van der Waals surface area (Å²) in [5.41, 5.74) is 0.873. The summed E-state index contributed by atoms with van der Waals surface area (Å²) in [4.78, 5) is 11.7. The SMILES string of the molecule is CCC(CC)n1ccc(CC(=O)CNC(C)C)n1. The molecule has 0 aliphatic carbocycles. The van der Waals surface area contributed by atoms with Crippen LogP contribution in [-0.2, 0) is 11.2 Å². The van der Waals surface area contributed by atoms with Gasteiger partial charge in [0.15, 0.2) is 5.78 Å². The van der Waals surface area contributed by atoms with Gasteiger partial charge in [0.25, 0.3) is 0 Å². The van der Waals surface area contributed by atoms with Gasteiger partial charge >= 0.3 is 0 Å². The lowest BCUT2D eigenvalue weighted by Gasteiger charge is -2.12. The number of carbonyl (C=O) groups excluding carboxylic acids is 1. The summed E-state index contributed by atoms with van der Waals surface area (Å²) in [6.45, 7) is 8.82. The van der Waals surface area contributed by atoms with E-state index in [-0.39, 0.29) is 5.78 Å². The van der Waals surface area contributed by atoms with Crippen LogP contribution in [0.2, 0.25) is 0 Å². The number of carbonyl (C=O) groups is 1. The molecular weight excluding hydrogens is 226 g/mol. The minimum atomic E-state index is 0.193. The Morgan fingerprint density at radius 1 is 1.39 bits per heavy atom. The second-order valence-electron chi connectivity index (χ2n) is 5.01. The van der Waals surface area contributed by atoms with Crippen LogP contribution in [0.4, 0.5) is 0 Å². The number of nitrogens with one attached hydrogen (secondary N) is 1. The van der Waals surface area contributed by atoms with Gasteiger partial charge in [0.2, 0.25) is 0 Å². The molecule has 0 spiro atoms. The maximum Gasteiger partial charge on any atom is 0.152 e. The van der Waals surface area contributed by atoms with Crippen molar-refractivity contribution in [2.45, 2.75) is 59.0 Å². The third-order valence-corrected chi connectivity index (χ3v) is 3.07. The van der Waals surface area contributed by atoms with E-state index in [1.165, 1.54) is 0 Å². The van der Waals surface area contributed by atoms with Gasteiger partial charge in [0, 0.05) is 12.2 Å². The summed E-state index contributed by atoms with van der Waals surface area (Å²) in [6, 6.07) is 2.74. The summed E-state index contributed by atoms with van der Waals surface area (Å²) >= 11 is 0. The Morgan fingerprint density at radius 3 is 2.61 bits per heavy atom. The van der Waals surface area contributed by atoms with E-state index in [9.17, 15) is 4.79 Å². The molecule has 1 aromatic rings. The minimum absolute atomic E-state index is 0.193. The normalized spacial score (nSPS) is 11.4. The molecule has 0 saturated heterocycles. The Balaban J connectivity index is 2.50. The number of hydrogen-bond acceptors (Lipinski definition) is 3. The smallest absolute Gasteiger partial charge is 0.152 e. The highest BCUT2D eigenvalue weighted by Crippen LogP contribution is 2.14. The zero-order valence-electron chi connectivity index (χ0n) is 11.9. The van der Waals surface area contributed by atoms with Gasteiger partial charge in [0.1, 0.15) is 0 Å². The molecule has 0 amide bonds. The van der Waals surface area contributed by atoms with E-state index in [4.69, 9.17) is 0 Å². The molecule has 0 unspecified atom stereocenters. The fraction of sp³-hybridized carbons (Fsp3) is 0.714. The van der Waals surface area contributed by atoms with Crippen LogP contribution >= 0.6 is 0 Å². The quantitative estimate of drug-likeness (QED) is 0.771. The molecule has 102 valence electrons. The lowest BCUT2D eigenvalue weighted by Crippen LogP contribution is -2.30. The summed E-state index contributed by atoms with van der Waals surface area (Å²) in [7, 11) is 0. The summed E-state index contributed by atoms with van der Waals surface area (Å²) in [5, 5.41) is 7.62. The van der Waals surface area contributed by atoms with Gasteiger partial charge in [-0.3, -0.25) is 9.48 Å². The fourth-order valence-corrected chi connectivity index (χ4v) is 1.92. The number of hydrogen-bond donors (Lipinski definition) is 1. The average molecular weight is 251 g/mol. The Labute approximate surface area is 110 Å². The molecule has 4 heteroatoms. The largest absolute Gasteiger partial charge is 0.308 e. The Hall–Kier alpha value is -1.16. The van der Waals surface area contributed by atoms with E-state index in [0.717, 1.165) is 18.5 Å². The van der Waals surface area contributed by atoms with Gasteiger partial charge in [0.05, 0.1) is 24.7 Å². The molecule has 0 saturated carbocycles. The van der Waals surface area contributed by atoms with Gasteiger partial charge in [-0.05, 0) is 18.9 Å². The van der Waals surface area contributed by atoms with Crippen molar-refractivity contribution in [2.75, 3.05) is 6.54 Å². The Bertz CT molecular complexity index is 367. The number of rotatable bonds is 8. The summed E-state index contributed by atoms with van der Waals surface area (Å²) in [6.07, 6.45) is 4.55. The Morgan fingerprint density at radius 2 is 2.06 bits per heavy atom. The van der Waals surface area contributed by atoms with E-state index in [1.807, 2.05) is 30.8 Å². The number of aromatic nitrogens is 2. The molecule has 1 rings (SSSR count). The molecule has 1 aromatic heterocycles. The fourth-order valence-electron chi connectivity index (χ4n) is 1.92. The summed E-state index contributed by atoms with van der Waals surface area (Å²) in [5.74, 6) is 0.193. The van der Waals surface area contributed by atoms with E-state index >= 15 is 0 Å². The second-order valence-corrected chi connectivity index (χ2v) is 5.01. The van der Waals surface area contributed by atoms with Crippen LogP contribution in [0.5, 0.6) is 0 Å². The first kappa shape index (κ1) is 14.9. The van der Waals surface area contributed by atoms with Crippen molar-refractivity contribution >= 4 is 5.78 Å². The molecule has 0 aromatic carbocycles. The molecule has 1 N–H and O–H groups in total. The monoisotopic (exact) mass is 251 g/mol. The van der Waals surface area contributed by atoms with Crippen molar-refractivity contribution in [1.82, 2.24) is 15.1 Å². The lowest BCUT2D eigenvalue weighted by molar-refractivity contribution is -0.117. The lowest BCUT2D eigenvalue weighted by atomic mass is 10.2. The van der Waals surface area contributed by atoms with Crippen LogP contribution in [0, 0.1) is 0 Å². The molecule has 1 heterocycles. The number of nitrogens with zero attached hydrogens (tertiary/aromatic N) is 2. The maximum absolute atomic E-state index is 11.7. The summed E-state index contributed by atoms with van der Waals surface area (Å²) < 4.78 is 1.98. The minimum Gasteiger partial charge on any atom is -0.308 e. The van der Waals surface area contributed by atoms with Crippen LogP contribution in [0.25, 0.3) is 0 Å². The maximum atomic E-state index is 11.7. The van der Waals surface area contributed by atoms with E-state index in [0.29, 0.717) is 25.0 Å². The molecule has 4 nitrogen and oxygen atoms in total. The molecule has 0 atom stereocenters. The predicted octanol–water partition coefficient (Wildman–Crippen LogP) is 2.35. The van der Waals surface area contributed by atoms with Crippen molar-refractivity contribution in [2.24, 2.45) is 0 Å². The first-order valence-electron chi connectivity index (χ1n) is 6.85. The molecule has 18 heavy (non-hydrogen) atoms. The van der Waals surface area contributed by atoms with Crippen LogP contribution < -0.4 is 5.32 Å². The predicted molar refractivity (Wildman–Crippen MR) is 73.7 cm³/mol. The van der Waals surface area contributed by atoms with Gasteiger partial charge in [-0.2, -0.15) is 5.10 Å². The van der Waals surface area contributed by atoms with Crippen molar-refractivity contribution in [3.63, 3.8) is 0 Å². The topological polar surface area (TPSA) is 46.9 Å². The number of Topliss-reactive ketones (excluding diaryl/α,β-unsaturated/α-hetero) is 1. The molecule has 0 radical (unpaired) electrons. The van der Waals surface area contributed by atoms with Gasteiger partial charge in [-0.25, -0.2) is 0 Å². The van der Waals surface area contributed by atoms with Gasteiger partial charge < -0.3 is 5.32 Å². The molecule has 0 bridgehead atoms. The molecule has 0 fully saturated rings. The highest BCUT2D eigenvalue weighted by atomic mass is 16.1. The van der Waals surface area contributed by atoms with E-state index in [1.54, 1.807) is 0 Å². The standard InChI is InChI=1S/C14H25N3O/c1-5-13(6-2)17-8-7-12(16-17)9-14(18)10-15-11(3)4/h7-8,11,13,15H,5-6,9-10H2,1-4H3. The first-order chi connectivity index (χ1) is 8.56. The van der Waals surface area contributed by atoms with E-state index in [2.05, 4.69) is 24.3 Å². The van der Waals surface area contributed by atoms with Crippen LogP contribution in [0.3, 0.4) is 0 Å². The van der Waals surface area contributed by atoms with Gasteiger partial charge in [-0.15, -0.1) is 0 Å². The Kier molecular flexibility index (Phi) is 6.05. The molecule has 0 aliphatic rings. The average Bonchev–Trinajstić information content (AvgIpc) is 2.76. The number of ketones is 1. The third kappa shape index (κ3) is 4.61. The van der Waals surface area contributed by atoms with Gasteiger partial charge in [-0.1, -0.05) is 27.7 Å². The zero-order valence-corrected chi connectivity index (χ0v) is 11.9. The molecule has 0 aliphatic heterocycles. The van der Waals surface area contributed by atoms with Crippen molar-refractivity contribution in [3.05, 3.63) is 18.0 Å². The highest BCUT2D eigenvalue weighted by molar-refractivity contribution is 5.82.